The minimum absolute atomic E-state index is 0.0479. The van der Waals surface area contributed by atoms with Gasteiger partial charge in [0, 0.05) is 22.7 Å². The number of rotatable bonds is 8. The number of halogens is 2. The average Bonchev–Trinajstić information content (AvgIpc) is 2.46. The summed E-state index contributed by atoms with van der Waals surface area (Å²) in [5, 5.41) is 1.41. The zero-order valence-corrected chi connectivity index (χ0v) is 18.6. The Kier molecular flexibility index (Phi) is 8.28. The van der Waals surface area contributed by atoms with Crippen molar-refractivity contribution in [2.45, 2.75) is 77.3 Å². The highest BCUT2D eigenvalue weighted by atomic mass is 35.5. The smallest absolute Gasteiger partial charge is 0.192 e. The van der Waals surface area contributed by atoms with Crippen LogP contribution in [0.25, 0.3) is 0 Å². The van der Waals surface area contributed by atoms with Crippen LogP contribution in [0, 0.1) is 0 Å². The van der Waals surface area contributed by atoms with Crippen LogP contribution in [0.5, 0.6) is 0 Å². The van der Waals surface area contributed by atoms with E-state index in [0.29, 0.717) is 10.0 Å². The molecule has 138 valence electrons. The molecule has 0 N–H and O–H groups in total. The van der Waals surface area contributed by atoms with Crippen molar-refractivity contribution in [2.75, 3.05) is 7.11 Å². The minimum Gasteiger partial charge on any atom is -0.411 e. The second-order valence-electron chi connectivity index (χ2n) is 7.85. The molecule has 0 fully saturated rings. The molecule has 0 radical (unpaired) electrons. The molecular formula is C19H32Cl2O2Si. The van der Waals surface area contributed by atoms with Crippen LogP contribution in [-0.4, -0.2) is 21.5 Å². The van der Waals surface area contributed by atoms with E-state index in [4.69, 9.17) is 32.4 Å². The first kappa shape index (κ1) is 22.0. The van der Waals surface area contributed by atoms with E-state index in [1.807, 2.05) is 18.2 Å². The van der Waals surface area contributed by atoms with Gasteiger partial charge in [0.25, 0.3) is 0 Å². The van der Waals surface area contributed by atoms with E-state index in [9.17, 15) is 0 Å². The number of methoxy groups -OCH3 is 1. The molecule has 0 aromatic heterocycles. The van der Waals surface area contributed by atoms with Gasteiger partial charge in [-0.25, -0.2) is 0 Å². The third-order valence-corrected chi connectivity index (χ3v) is 10.1. The fourth-order valence-corrected chi connectivity index (χ4v) is 4.44. The van der Waals surface area contributed by atoms with Gasteiger partial charge in [0.15, 0.2) is 8.32 Å². The monoisotopic (exact) mass is 390 g/mol. The second-order valence-corrected chi connectivity index (χ2v) is 13.4. The van der Waals surface area contributed by atoms with Crippen LogP contribution < -0.4 is 0 Å². The third kappa shape index (κ3) is 5.47. The van der Waals surface area contributed by atoms with E-state index < -0.39 is 8.32 Å². The number of benzene rings is 1. The van der Waals surface area contributed by atoms with Gasteiger partial charge in [0.05, 0.1) is 6.10 Å². The summed E-state index contributed by atoms with van der Waals surface area (Å²) in [7, 11) is -0.224. The van der Waals surface area contributed by atoms with Gasteiger partial charge in [0.2, 0.25) is 0 Å². The molecule has 2 atom stereocenters. The van der Waals surface area contributed by atoms with Crippen molar-refractivity contribution in [1.29, 1.82) is 0 Å². The van der Waals surface area contributed by atoms with Crippen molar-refractivity contribution >= 4 is 31.5 Å². The van der Waals surface area contributed by atoms with Crippen LogP contribution in [-0.2, 0) is 9.16 Å². The molecule has 1 aromatic carbocycles. The molecule has 1 aromatic rings. The molecule has 0 saturated carbocycles. The second kappa shape index (κ2) is 9.04. The van der Waals surface area contributed by atoms with Gasteiger partial charge in [-0.15, -0.1) is 0 Å². The van der Waals surface area contributed by atoms with Gasteiger partial charge in [-0.05, 0) is 36.7 Å². The van der Waals surface area contributed by atoms with Crippen molar-refractivity contribution < 1.29 is 9.16 Å². The summed E-state index contributed by atoms with van der Waals surface area (Å²) in [6.07, 6.45) is 2.83. The van der Waals surface area contributed by atoms with Gasteiger partial charge >= 0.3 is 0 Å². The summed E-state index contributed by atoms with van der Waals surface area (Å²) in [6, 6.07) is 5.58. The molecule has 24 heavy (non-hydrogen) atoms. The maximum Gasteiger partial charge on any atom is 0.192 e. The molecule has 0 heterocycles. The fraction of sp³-hybridized carbons (Fsp3) is 0.684. The predicted octanol–water partition coefficient (Wildman–Crippen LogP) is 7.26. The topological polar surface area (TPSA) is 18.5 Å². The normalized spacial score (nSPS) is 15.4. The maximum absolute atomic E-state index is 6.72. The first-order valence-corrected chi connectivity index (χ1v) is 12.4. The van der Waals surface area contributed by atoms with E-state index in [2.05, 4.69) is 40.8 Å². The largest absolute Gasteiger partial charge is 0.411 e. The average molecular weight is 391 g/mol. The summed E-state index contributed by atoms with van der Waals surface area (Å²) in [5.41, 5.74) is 0.836. The molecule has 0 spiro atoms. The predicted molar refractivity (Wildman–Crippen MR) is 108 cm³/mol. The highest BCUT2D eigenvalue weighted by molar-refractivity contribution is 6.74. The van der Waals surface area contributed by atoms with Gasteiger partial charge in [-0.3, -0.25) is 0 Å². The molecule has 0 amide bonds. The van der Waals surface area contributed by atoms with E-state index in [-0.39, 0.29) is 17.2 Å². The first-order chi connectivity index (χ1) is 11.0. The van der Waals surface area contributed by atoms with Crippen molar-refractivity contribution in [2.24, 2.45) is 0 Å². The Bertz CT molecular complexity index is 506. The lowest BCUT2D eigenvalue weighted by Gasteiger charge is -2.41. The molecular weight excluding hydrogens is 359 g/mol. The number of hydrogen-bond acceptors (Lipinski definition) is 2. The fourth-order valence-electron chi connectivity index (χ4n) is 2.47. The quantitative estimate of drug-likeness (QED) is 0.434. The Balaban J connectivity index is 3.21. The van der Waals surface area contributed by atoms with Gasteiger partial charge in [-0.1, -0.05) is 69.8 Å². The van der Waals surface area contributed by atoms with Crippen molar-refractivity contribution in [1.82, 2.24) is 0 Å². The maximum atomic E-state index is 6.72. The number of unbranched alkanes of at least 4 members (excludes halogenated alkanes) is 1. The highest BCUT2D eigenvalue weighted by Crippen LogP contribution is 2.42. The molecule has 1 rings (SSSR count). The highest BCUT2D eigenvalue weighted by Gasteiger charge is 2.41. The minimum atomic E-state index is -1.93. The number of ether oxygens (including phenoxy) is 1. The Hall–Kier alpha value is -0.0631. The molecule has 5 heteroatoms. The summed E-state index contributed by atoms with van der Waals surface area (Å²) in [4.78, 5) is 0. The molecule has 0 aliphatic rings. The van der Waals surface area contributed by atoms with Crippen LogP contribution in [0.1, 0.15) is 58.6 Å². The van der Waals surface area contributed by atoms with Crippen molar-refractivity contribution in [3.05, 3.63) is 33.8 Å². The Labute approximate surface area is 159 Å². The van der Waals surface area contributed by atoms with E-state index in [0.717, 1.165) is 24.8 Å². The molecule has 0 aliphatic heterocycles. The van der Waals surface area contributed by atoms with Crippen molar-refractivity contribution in [3.8, 4) is 0 Å². The van der Waals surface area contributed by atoms with Crippen LogP contribution in [0.3, 0.4) is 0 Å². The van der Waals surface area contributed by atoms with E-state index >= 15 is 0 Å². The van der Waals surface area contributed by atoms with Gasteiger partial charge in [0.1, 0.15) is 6.10 Å². The Morgan fingerprint density at radius 1 is 1.12 bits per heavy atom. The third-order valence-electron chi connectivity index (χ3n) is 4.97. The summed E-state index contributed by atoms with van der Waals surface area (Å²) in [5.74, 6) is 0. The van der Waals surface area contributed by atoms with Crippen LogP contribution >= 0.6 is 23.2 Å². The summed E-state index contributed by atoms with van der Waals surface area (Å²) < 4.78 is 12.6. The molecule has 0 aliphatic carbocycles. The van der Waals surface area contributed by atoms with Crippen LogP contribution in [0.2, 0.25) is 28.2 Å². The van der Waals surface area contributed by atoms with Crippen LogP contribution in [0.4, 0.5) is 0 Å². The van der Waals surface area contributed by atoms with E-state index in [1.165, 1.54) is 0 Å². The van der Waals surface area contributed by atoms with Crippen LogP contribution in [0.15, 0.2) is 18.2 Å². The molecule has 0 saturated heterocycles. The lowest BCUT2D eigenvalue weighted by Crippen LogP contribution is -2.45. The lowest BCUT2D eigenvalue weighted by molar-refractivity contribution is -0.0111. The van der Waals surface area contributed by atoms with Gasteiger partial charge in [-0.2, -0.15) is 0 Å². The number of hydrogen-bond donors (Lipinski definition) is 0. The standard InChI is InChI=1S/C19H32Cl2O2Si/c1-8-9-13-16(23-24(6,7)19(2,3)4)18(22-5)17-14(20)11-10-12-15(17)21/h10-12,16,18H,8-9,13H2,1-7H3/t16-,18+/m1/s1. The summed E-state index contributed by atoms with van der Waals surface area (Å²) >= 11 is 12.9. The first-order valence-electron chi connectivity index (χ1n) is 8.69. The molecule has 2 nitrogen and oxygen atoms in total. The summed E-state index contributed by atoms with van der Waals surface area (Å²) in [6.45, 7) is 13.5. The Morgan fingerprint density at radius 2 is 1.67 bits per heavy atom. The van der Waals surface area contributed by atoms with Gasteiger partial charge < -0.3 is 9.16 Å². The molecule has 0 unspecified atom stereocenters. The Morgan fingerprint density at radius 3 is 2.08 bits per heavy atom. The zero-order valence-electron chi connectivity index (χ0n) is 16.1. The SMILES string of the molecule is CCCC[C@@H](O[Si](C)(C)C(C)(C)C)[C@H](OC)c1c(Cl)cccc1Cl. The van der Waals surface area contributed by atoms with E-state index in [1.54, 1.807) is 7.11 Å². The zero-order chi connectivity index (χ0) is 18.5. The lowest BCUT2D eigenvalue weighted by atomic mass is 10.00. The molecule has 0 bridgehead atoms. The van der Waals surface area contributed by atoms with Crippen molar-refractivity contribution in [3.63, 3.8) is 0 Å².